The summed E-state index contributed by atoms with van der Waals surface area (Å²) in [6.45, 7) is 3.92. The molecule has 0 atom stereocenters. The fourth-order valence-electron chi connectivity index (χ4n) is 3.84. The van der Waals surface area contributed by atoms with Gasteiger partial charge in [0.2, 0.25) is 5.82 Å². The Bertz CT molecular complexity index is 1670. The van der Waals surface area contributed by atoms with Crippen molar-refractivity contribution in [2.24, 2.45) is 5.10 Å². The van der Waals surface area contributed by atoms with Crippen LogP contribution in [0.1, 0.15) is 19.4 Å². The van der Waals surface area contributed by atoms with E-state index >= 15 is 0 Å². The summed E-state index contributed by atoms with van der Waals surface area (Å²) in [5, 5.41) is 5.76. The SMILES string of the molecule is COc1cccc2oc(-c3nc4ccccc4c(=O)n3N=Cc3cc(Br)c(OC(C)C)c(Br)c3)cc12. The van der Waals surface area contributed by atoms with Crippen molar-refractivity contribution in [3.8, 4) is 23.1 Å². The van der Waals surface area contributed by atoms with Gasteiger partial charge in [-0.2, -0.15) is 9.78 Å². The Morgan fingerprint density at radius 1 is 1.03 bits per heavy atom. The van der Waals surface area contributed by atoms with Gasteiger partial charge in [-0.1, -0.05) is 18.2 Å². The van der Waals surface area contributed by atoms with Crippen molar-refractivity contribution >= 4 is 59.9 Å². The zero-order valence-corrected chi connectivity index (χ0v) is 22.8. The van der Waals surface area contributed by atoms with Crippen LogP contribution >= 0.6 is 31.9 Å². The van der Waals surface area contributed by atoms with Gasteiger partial charge in [-0.3, -0.25) is 4.79 Å². The molecule has 5 aromatic rings. The van der Waals surface area contributed by atoms with Crippen LogP contribution in [0.25, 0.3) is 33.5 Å². The average molecular weight is 611 g/mol. The highest BCUT2D eigenvalue weighted by Crippen LogP contribution is 2.35. The number of benzene rings is 3. The Balaban J connectivity index is 1.67. The van der Waals surface area contributed by atoms with Crippen LogP contribution in [0.4, 0.5) is 0 Å². The van der Waals surface area contributed by atoms with Gasteiger partial charge in [0.05, 0.1) is 44.7 Å². The third-order valence-corrected chi connectivity index (χ3v) is 6.59. The first kappa shape index (κ1) is 24.3. The van der Waals surface area contributed by atoms with E-state index in [9.17, 15) is 4.79 Å². The number of aromatic nitrogens is 2. The van der Waals surface area contributed by atoms with Gasteiger partial charge in [-0.15, -0.1) is 0 Å². The zero-order valence-electron chi connectivity index (χ0n) is 19.7. The van der Waals surface area contributed by atoms with E-state index in [1.807, 2.05) is 56.3 Å². The molecule has 0 unspecified atom stereocenters. The van der Waals surface area contributed by atoms with Crippen molar-refractivity contribution in [2.45, 2.75) is 20.0 Å². The van der Waals surface area contributed by atoms with E-state index in [2.05, 4.69) is 37.0 Å². The Morgan fingerprint density at radius 3 is 2.50 bits per heavy atom. The minimum absolute atomic E-state index is 0.0179. The van der Waals surface area contributed by atoms with Crippen LogP contribution < -0.4 is 15.0 Å². The molecule has 0 aliphatic rings. The normalized spacial score (nSPS) is 11.7. The number of methoxy groups -OCH3 is 1. The van der Waals surface area contributed by atoms with Crippen molar-refractivity contribution in [1.29, 1.82) is 0 Å². The number of para-hydroxylation sites is 1. The van der Waals surface area contributed by atoms with Crippen molar-refractivity contribution < 1.29 is 13.9 Å². The lowest BCUT2D eigenvalue weighted by Gasteiger charge is -2.14. The summed E-state index contributed by atoms with van der Waals surface area (Å²) < 4.78 is 20.2. The van der Waals surface area contributed by atoms with Gasteiger partial charge in [0.25, 0.3) is 5.56 Å². The smallest absolute Gasteiger partial charge is 0.282 e. The van der Waals surface area contributed by atoms with Crippen LogP contribution in [0.3, 0.4) is 0 Å². The summed E-state index contributed by atoms with van der Waals surface area (Å²) in [5.41, 5.74) is 1.62. The highest BCUT2D eigenvalue weighted by molar-refractivity contribution is 9.11. The summed E-state index contributed by atoms with van der Waals surface area (Å²) >= 11 is 7.12. The Kier molecular flexibility index (Phi) is 6.68. The number of furan rings is 1. The van der Waals surface area contributed by atoms with Crippen molar-refractivity contribution in [2.75, 3.05) is 7.11 Å². The summed E-state index contributed by atoms with van der Waals surface area (Å²) in [5.74, 6) is 2.05. The fraction of sp³-hybridized carbons (Fsp3) is 0.148. The van der Waals surface area contributed by atoms with E-state index in [0.717, 1.165) is 19.9 Å². The van der Waals surface area contributed by atoms with Crippen LogP contribution in [-0.4, -0.2) is 29.1 Å². The van der Waals surface area contributed by atoms with Crippen molar-refractivity contribution in [3.05, 3.63) is 85.5 Å². The van der Waals surface area contributed by atoms with E-state index < -0.39 is 0 Å². The van der Waals surface area contributed by atoms with Gasteiger partial charge < -0.3 is 13.9 Å². The van der Waals surface area contributed by atoms with Crippen LogP contribution in [0, 0.1) is 0 Å². The Labute approximate surface area is 223 Å². The van der Waals surface area contributed by atoms with Crippen LogP contribution in [-0.2, 0) is 0 Å². The van der Waals surface area contributed by atoms with Gasteiger partial charge in [-0.05, 0) is 93.7 Å². The van der Waals surface area contributed by atoms with Gasteiger partial charge in [0.15, 0.2) is 5.76 Å². The van der Waals surface area contributed by atoms with E-state index in [4.69, 9.17) is 18.9 Å². The molecule has 0 spiro atoms. The lowest BCUT2D eigenvalue weighted by Crippen LogP contribution is -2.20. The predicted octanol–water partition coefficient (Wildman–Crippen LogP) is 7.01. The number of ether oxygens (including phenoxy) is 2. The molecule has 3 aromatic carbocycles. The minimum atomic E-state index is -0.308. The van der Waals surface area contributed by atoms with Gasteiger partial charge >= 0.3 is 0 Å². The highest BCUT2D eigenvalue weighted by atomic mass is 79.9. The number of fused-ring (bicyclic) bond motifs is 2. The van der Waals surface area contributed by atoms with Crippen molar-refractivity contribution in [3.63, 3.8) is 0 Å². The van der Waals surface area contributed by atoms with E-state index in [1.54, 1.807) is 31.5 Å². The molecular weight excluding hydrogens is 590 g/mol. The molecule has 2 aromatic heterocycles. The second kappa shape index (κ2) is 9.91. The monoisotopic (exact) mass is 609 g/mol. The standard InChI is InChI=1S/C27H21Br2N3O4/c1-15(2)35-25-19(28)11-16(12-20(25)29)14-30-32-26(31-21-8-5-4-7-17(21)27(32)33)24-13-18-22(34-3)9-6-10-23(18)36-24/h4-15H,1-3H3. The maximum absolute atomic E-state index is 13.5. The van der Waals surface area contributed by atoms with Crippen LogP contribution in [0.5, 0.6) is 11.5 Å². The Hall–Kier alpha value is -3.43. The molecule has 0 fully saturated rings. The first-order valence-corrected chi connectivity index (χ1v) is 12.7. The van der Waals surface area contributed by atoms with Gasteiger partial charge in [0.1, 0.15) is 17.1 Å². The predicted molar refractivity (Wildman–Crippen MR) is 148 cm³/mol. The molecule has 5 rings (SSSR count). The number of hydrogen-bond donors (Lipinski definition) is 0. The van der Waals surface area contributed by atoms with E-state index in [1.165, 1.54) is 4.68 Å². The van der Waals surface area contributed by atoms with Crippen LogP contribution in [0.2, 0.25) is 0 Å². The highest BCUT2D eigenvalue weighted by Gasteiger charge is 2.18. The molecule has 0 aliphatic carbocycles. The molecule has 2 heterocycles. The molecule has 36 heavy (non-hydrogen) atoms. The molecule has 7 nitrogen and oxygen atoms in total. The molecule has 0 aliphatic heterocycles. The average Bonchev–Trinajstić information content (AvgIpc) is 3.30. The molecular formula is C27H21Br2N3O4. The summed E-state index contributed by atoms with van der Waals surface area (Å²) in [6, 6.07) is 18.2. The van der Waals surface area contributed by atoms with Crippen molar-refractivity contribution in [1.82, 2.24) is 9.66 Å². The maximum Gasteiger partial charge on any atom is 0.282 e. The number of nitrogens with zero attached hydrogens (tertiary/aromatic N) is 3. The van der Waals surface area contributed by atoms with E-state index in [0.29, 0.717) is 33.7 Å². The molecule has 0 amide bonds. The second-order valence-electron chi connectivity index (χ2n) is 8.28. The third kappa shape index (κ3) is 4.56. The van der Waals surface area contributed by atoms with Gasteiger partial charge in [-0.25, -0.2) is 4.98 Å². The van der Waals surface area contributed by atoms with Gasteiger partial charge in [0, 0.05) is 0 Å². The van der Waals surface area contributed by atoms with E-state index in [-0.39, 0.29) is 17.5 Å². The third-order valence-electron chi connectivity index (χ3n) is 5.41. The molecule has 0 bridgehead atoms. The molecule has 0 radical (unpaired) electrons. The number of halogens is 2. The number of rotatable bonds is 6. The first-order valence-electron chi connectivity index (χ1n) is 11.1. The molecule has 0 saturated carbocycles. The largest absolute Gasteiger partial charge is 0.496 e. The molecule has 0 saturated heterocycles. The lowest BCUT2D eigenvalue weighted by molar-refractivity contribution is 0.239. The lowest BCUT2D eigenvalue weighted by atomic mass is 10.2. The molecule has 182 valence electrons. The second-order valence-corrected chi connectivity index (χ2v) is 9.99. The zero-order chi connectivity index (χ0) is 25.4. The van der Waals surface area contributed by atoms with Crippen LogP contribution in [0.15, 0.2) is 83.9 Å². The maximum atomic E-state index is 13.5. The quantitative estimate of drug-likeness (QED) is 0.193. The topological polar surface area (TPSA) is 78.9 Å². The fourth-order valence-corrected chi connectivity index (χ4v) is 5.25. The molecule has 0 N–H and O–H groups in total. The summed E-state index contributed by atoms with van der Waals surface area (Å²) in [6.07, 6.45) is 1.61. The minimum Gasteiger partial charge on any atom is -0.496 e. The Morgan fingerprint density at radius 2 is 1.78 bits per heavy atom. The first-order chi connectivity index (χ1) is 17.4. The molecule has 9 heteroatoms. The summed E-state index contributed by atoms with van der Waals surface area (Å²) in [4.78, 5) is 18.2. The summed E-state index contributed by atoms with van der Waals surface area (Å²) in [7, 11) is 1.60. The number of hydrogen-bond acceptors (Lipinski definition) is 6.